The average molecular weight is 404 g/mol. The maximum atomic E-state index is 13.2. The summed E-state index contributed by atoms with van der Waals surface area (Å²) in [5.41, 5.74) is 5.33. The number of rotatable bonds is 4. The zero-order valence-electron chi connectivity index (χ0n) is 13.9. The monoisotopic (exact) mass is 403 g/mol. The highest BCUT2D eigenvalue weighted by Gasteiger charge is 2.34. The summed E-state index contributed by atoms with van der Waals surface area (Å²) < 4.78 is 41.5. The molecule has 8 heteroatoms. The number of hydrogen-bond donors (Lipinski definition) is 2. The van der Waals surface area contributed by atoms with Gasteiger partial charge in [-0.25, -0.2) is 12.8 Å². The Hall–Kier alpha value is -2.61. The third kappa shape index (κ3) is 3.37. The fourth-order valence-electron chi connectivity index (χ4n) is 2.96. The standard InChI is InChI=1S/C19H15ClFN3O2S/c20-16-6-2-4-8-18(16)24-19(15-5-1-3-7-17(15)22-24)23-27(25,26)14-11-9-13(21)10-12-14/h1-12,19,22-23H. The van der Waals surface area contributed by atoms with E-state index in [1.165, 1.54) is 12.1 Å². The summed E-state index contributed by atoms with van der Waals surface area (Å²) >= 11 is 6.32. The van der Waals surface area contributed by atoms with E-state index in [1.54, 1.807) is 23.2 Å². The Morgan fingerprint density at radius 3 is 2.37 bits per heavy atom. The maximum Gasteiger partial charge on any atom is 0.242 e. The Morgan fingerprint density at radius 2 is 1.63 bits per heavy atom. The largest absolute Gasteiger partial charge is 0.296 e. The van der Waals surface area contributed by atoms with Crippen molar-refractivity contribution in [3.8, 4) is 0 Å². The lowest BCUT2D eigenvalue weighted by Gasteiger charge is -2.28. The second kappa shape index (κ2) is 6.84. The number of hydrogen-bond acceptors (Lipinski definition) is 4. The Bertz CT molecular complexity index is 1090. The quantitative estimate of drug-likeness (QED) is 0.681. The molecule has 0 radical (unpaired) electrons. The molecule has 3 aromatic rings. The van der Waals surface area contributed by atoms with Crippen molar-refractivity contribution >= 4 is 33.0 Å². The summed E-state index contributed by atoms with van der Waals surface area (Å²) in [4.78, 5) is -0.0209. The Balaban J connectivity index is 1.75. The van der Waals surface area contributed by atoms with Gasteiger partial charge in [-0.15, -0.1) is 0 Å². The smallest absolute Gasteiger partial charge is 0.242 e. The molecule has 138 valence electrons. The van der Waals surface area contributed by atoms with Crippen LogP contribution >= 0.6 is 11.6 Å². The first-order chi connectivity index (χ1) is 13.0. The summed E-state index contributed by atoms with van der Waals surface area (Å²) in [5, 5.41) is 2.14. The van der Waals surface area contributed by atoms with E-state index in [2.05, 4.69) is 10.1 Å². The van der Waals surface area contributed by atoms with Crippen LogP contribution in [0.25, 0.3) is 0 Å². The predicted octanol–water partition coefficient (Wildman–Crippen LogP) is 4.30. The van der Waals surface area contributed by atoms with Crippen molar-refractivity contribution in [2.75, 3.05) is 10.4 Å². The van der Waals surface area contributed by atoms with Gasteiger partial charge in [-0.2, -0.15) is 4.72 Å². The number of fused-ring (bicyclic) bond motifs is 1. The van der Waals surface area contributed by atoms with Crippen LogP contribution in [0.3, 0.4) is 0 Å². The first-order valence-corrected chi connectivity index (χ1v) is 9.99. The molecule has 0 saturated heterocycles. The van der Waals surface area contributed by atoms with Gasteiger partial charge in [0.2, 0.25) is 10.0 Å². The number of nitrogens with one attached hydrogen (secondary N) is 2. The van der Waals surface area contributed by atoms with Crippen molar-refractivity contribution in [3.63, 3.8) is 0 Å². The van der Waals surface area contributed by atoms with Crippen LogP contribution in [0.15, 0.2) is 77.7 Å². The highest BCUT2D eigenvalue weighted by atomic mass is 35.5. The molecule has 0 fully saturated rings. The molecule has 0 saturated carbocycles. The summed E-state index contributed by atoms with van der Waals surface area (Å²) in [5.74, 6) is -0.500. The number of sulfonamides is 1. The summed E-state index contributed by atoms with van der Waals surface area (Å²) in [7, 11) is -3.90. The van der Waals surface area contributed by atoms with Gasteiger partial charge in [0.25, 0.3) is 0 Å². The molecule has 0 amide bonds. The Labute approximate surface area is 161 Å². The van der Waals surface area contributed by atoms with Gasteiger partial charge in [-0.05, 0) is 42.5 Å². The van der Waals surface area contributed by atoms with E-state index in [0.717, 1.165) is 23.4 Å². The molecule has 4 rings (SSSR count). The molecule has 1 aliphatic rings. The topological polar surface area (TPSA) is 61.4 Å². The fraction of sp³-hybridized carbons (Fsp3) is 0.0526. The third-order valence-electron chi connectivity index (χ3n) is 4.26. The molecule has 0 spiro atoms. The van der Waals surface area contributed by atoms with Gasteiger partial charge in [0, 0.05) is 5.56 Å². The normalized spacial score (nSPS) is 16.1. The SMILES string of the molecule is O=S(=O)(NC1c2ccccc2NN1c1ccccc1Cl)c1ccc(F)cc1. The zero-order valence-corrected chi connectivity index (χ0v) is 15.5. The van der Waals surface area contributed by atoms with Crippen molar-refractivity contribution in [3.05, 3.63) is 89.2 Å². The van der Waals surface area contributed by atoms with Crippen molar-refractivity contribution in [1.82, 2.24) is 4.72 Å². The van der Waals surface area contributed by atoms with Gasteiger partial charge < -0.3 is 0 Å². The van der Waals surface area contributed by atoms with Crippen LogP contribution in [0.1, 0.15) is 11.7 Å². The van der Waals surface area contributed by atoms with Crippen LogP contribution in [0.2, 0.25) is 5.02 Å². The van der Waals surface area contributed by atoms with Crippen LogP contribution in [0.4, 0.5) is 15.8 Å². The van der Waals surface area contributed by atoms with Crippen molar-refractivity contribution in [1.29, 1.82) is 0 Å². The Morgan fingerprint density at radius 1 is 0.963 bits per heavy atom. The lowest BCUT2D eigenvalue weighted by Crippen LogP contribution is -2.40. The number of benzene rings is 3. The molecule has 0 aromatic heterocycles. The minimum atomic E-state index is -3.90. The summed E-state index contributed by atoms with van der Waals surface area (Å²) in [6.45, 7) is 0. The minimum absolute atomic E-state index is 0.0209. The van der Waals surface area contributed by atoms with Gasteiger partial charge in [0.05, 0.1) is 21.3 Å². The molecule has 27 heavy (non-hydrogen) atoms. The second-order valence-corrected chi connectivity index (χ2v) is 8.12. The molecule has 0 aliphatic carbocycles. The molecule has 5 nitrogen and oxygen atoms in total. The van der Waals surface area contributed by atoms with Crippen LogP contribution in [0.5, 0.6) is 0 Å². The van der Waals surface area contributed by atoms with Crippen LogP contribution in [0, 0.1) is 5.82 Å². The lowest BCUT2D eigenvalue weighted by molar-refractivity contribution is 0.558. The molecule has 2 N–H and O–H groups in total. The van der Waals surface area contributed by atoms with Gasteiger partial charge in [0.1, 0.15) is 12.0 Å². The minimum Gasteiger partial charge on any atom is -0.296 e. The van der Waals surface area contributed by atoms with E-state index < -0.39 is 22.0 Å². The number of anilines is 2. The first kappa shape index (κ1) is 17.8. The van der Waals surface area contributed by atoms with E-state index in [9.17, 15) is 12.8 Å². The molecular formula is C19H15ClFN3O2S. The highest BCUT2D eigenvalue weighted by molar-refractivity contribution is 7.89. The molecule has 1 heterocycles. The van der Waals surface area contributed by atoms with Gasteiger partial charge in [0.15, 0.2) is 0 Å². The first-order valence-electron chi connectivity index (χ1n) is 8.13. The predicted molar refractivity (Wildman–Crippen MR) is 103 cm³/mol. The maximum absolute atomic E-state index is 13.2. The molecule has 1 atom stereocenters. The summed E-state index contributed by atoms with van der Waals surface area (Å²) in [6.07, 6.45) is -0.726. The molecule has 3 aromatic carbocycles. The van der Waals surface area contributed by atoms with Crippen molar-refractivity contribution in [2.45, 2.75) is 11.1 Å². The highest BCUT2D eigenvalue weighted by Crippen LogP contribution is 2.39. The fourth-order valence-corrected chi connectivity index (χ4v) is 4.35. The Kier molecular flexibility index (Phi) is 4.51. The van der Waals surface area contributed by atoms with Crippen molar-refractivity contribution < 1.29 is 12.8 Å². The van der Waals surface area contributed by atoms with E-state index in [0.29, 0.717) is 10.7 Å². The van der Waals surface area contributed by atoms with E-state index >= 15 is 0 Å². The van der Waals surface area contributed by atoms with E-state index in [-0.39, 0.29) is 4.90 Å². The van der Waals surface area contributed by atoms with Gasteiger partial charge in [-0.1, -0.05) is 41.9 Å². The molecular weight excluding hydrogens is 389 g/mol. The van der Waals surface area contributed by atoms with E-state index in [1.807, 2.05) is 30.3 Å². The lowest BCUT2D eigenvalue weighted by atomic mass is 10.1. The average Bonchev–Trinajstić information content (AvgIpc) is 3.00. The van der Waals surface area contributed by atoms with Gasteiger partial charge in [-0.3, -0.25) is 10.4 Å². The van der Waals surface area contributed by atoms with Crippen molar-refractivity contribution in [2.24, 2.45) is 0 Å². The molecule has 1 unspecified atom stereocenters. The second-order valence-electron chi connectivity index (χ2n) is 6.00. The zero-order chi connectivity index (χ0) is 19.0. The number of nitrogens with zero attached hydrogens (tertiary/aromatic N) is 1. The number of para-hydroxylation sites is 2. The van der Waals surface area contributed by atoms with E-state index in [4.69, 9.17) is 11.6 Å². The van der Waals surface area contributed by atoms with Crippen LogP contribution in [-0.4, -0.2) is 8.42 Å². The van der Waals surface area contributed by atoms with Crippen LogP contribution < -0.4 is 15.2 Å². The summed E-state index contributed by atoms with van der Waals surface area (Å²) in [6, 6.07) is 19.2. The molecule has 0 bridgehead atoms. The third-order valence-corrected chi connectivity index (χ3v) is 6.00. The van der Waals surface area contributed by atoms with Crippen LogP contribution in [-0.2, 0) is 10.0 Å². The van der Waals surface area contributed by atoms with Gasteiger partial charge >= 0.3 is 0 Å². The molecule has 1 aliphatic heterocycles. The number of hydrazine groups is 1. The number of halogens is 2.